The lowest BCUT2D eigenvalue weighted by Crippen LogP contribution is -2.31. The maximum absolute atomic E-state index is 14.6. The van der Waals surface area contributed by atoms with E-state index in [0.29, 0.717) is 17.4 Å². The Morgan fingerprint density at radius 1 is 1.00 bits per heavy atom. The number of halogens is 1. The van der Waals surface area contributed by atoms with Gasteiger partial charge in [-0.3, -0.25) is 9.59 Å². The number of nitrogens with one attached hydrogen (secondary N) is 2. The number of carbonyl (C=O) groups excluding carboxylic acids is 2. The highest BCUT2D eigenvalue weighted by Crippen LogP contribution is 2.27. The Hall–Kier alpha value is -2.93. The Morgan fingerprint density at radius 2 is 1.69 bits per heavy atom. The molecule has 6 nitrogen and oxygen atoms in total. The van der Waals surface area contributed by atoms with Gasteiger partial charge >= 0.3 is 0 Å². The second kappa shape index (κ2) is 9.69. The minimum Gasteiger partial charge on any atom is -0.370 e. The molecular formula is C25H33FN4O2. The quantitative estimate of drug-likeness (QED) is 0.689. The fourth-order valence-corrected chi connectivity index (χ4v) is 4.56. The molecule has 1 aliphatic carbocycles. The zero-order chi connectivity index (χ0) is 22.7. The molecule has 0 bridgehead atoms. The minimum absolute atomic E-state index is 0. The number of amides is 2. The molecule has 7 heteroatoms. The van der Waals surface area contributed by atoms with E-state index in [4.69, 9.17) is 0 Å². The molecule has 2 fully saturated rings. The topological polar surface area (TPSA) is 64.7 Å². The lowest BCUT2D eigenvalue weighted by atomic mass is 10.1. The summed E-state index contributed by atoms with van der Waals surface area (Å²) in [4.78, 5) is 29.4. The lowest BCUT2D eigenvalue weighted by molar-refractivity contribution is -0.119. The summed E-state index contributed by atoms with van der Waals surface area (Å²) in [5, 5.41) is 5.52. The van der Waals surface area contributed by atoms with Crippen LogP contribution >= 0.6 is 0 Å². The maximum Gasteiger partial charge on any atom is 0.258 e. The Kier molecular flexibility index (Phi) is 6.74. The van der Waals surface area contributed by atoms with Crippen molar-refractivity contribution in [1.82, 2.24) is 4.90 Å². The van der Waals surface area contributed by atoms with Crippen molar-refractivity contribution in [2.24, 2.45) is 5.92 Å². The van der Waals surface area contributed by atoms with Gasteiger partial charge in [-0.15, -0.1) is 0 Å². The molecule has 0 aromatic heterocycles. The molecule has 0 spiro atoms. The molecule has 2 N–H and O–H groups in total. The van der Waals surface area contributed by atoms with Crippen LogP contribution in [0.5, 0.6) is 0 Å². The number of carbonyl (C=O) groups is 2. The van der Waals surface area contributed by atoms with Crippen LogP contribution in [-0.4, -0.2) is 49.9 Å². The van der Waals surface area contributed by atoms with Crippen molar-refractivity contribution in [1.29, 1.82) is 0 Å². The number of rotatable bonds is 6. The molecule has 172 valence electrons. The molecule has 1 atom stereocenters. The van der Waals surface area contributed by atoms with Crippen molar-refractivity contribution < 1.29 is 15.4 Å². The van der Waals surface area contributed by atoms with Crippen LogP contribution < -0.4 is 15.5 Å². The maximum atomic E-state index is 14.6. The summed E-state index contributed by atoms with van der Waals surface area (Å²) in [5.41, 5.74) is 2.05. The van der Waals surface area contributed by atoms with Crippen LogP contribution in [0.2, 0.25) is 0 Å². The molecule has 1 heterocycles. The Bertz CT molecular complexity index is 977. The van der Waals surface area contributed by atoms with Crippen LogP contribution in [0.15, 0.2) is 42.5 Å². The van der Waals surface area contributed by atoms with Gasteiger partial charge in [-0.2, -0.15) is 0 Å². The number of hydrogen-bond acceptors (Lipinski definition) is 4. The highest BCUT2D eigenvalue weighted by atomic mass is 19.1. The highest BCUT2D eigenvalue weighted by molar-refractivity contribution is 6.05. The molecule has 1 aliphatic heterocycles. The summed E-state index contributed by atoms with van der Waals surface area (Å²) < 4.78 is 14.6. The molecular weight excluding hydrogens is 407 g/mol. The monoisotopic (exact) mass is 440 g/mol. The van der Waals surface area contributed by atoms with Crippen LogP contribution in [0.25, 0.3) is 0 Å². The summed E-state index contributed by atoms with van der Waals surface area (Å²) in [6, 6.07) is 12.4. The van der Waals surface area contributed by atoms with Crippen molar-refractivity contribution in [2.45, 2.75) is 38.1 Å². The van der Waals surface area contributed by atoms with E-state index < -0.39 is 11.7 Å². The van der Waals surface area contributed by atoms with Crippen LogP contribution in [-0.2, 0) is 4.79 Å². The van der Waals surface area contributed by atoms with E-state index in [1.807, 2.05) is 24.3 Å². The second-order valence-electron chi connectivity index (χ2n) is 9.02. The third-order valence-corrected chi connectivity index (χ3v) is 6.59. The molecule has 2 amide bonds. The van der Waals surface area contributed by atoms with Gasteiger partial charge in [-0.05, 0) is 75.8 Å². The number of anilines is 3. The van der Waals surface area contributed by atoms with E-state index in [-0.39, 0.29) is 18.8 Å². The lowest BCUT2D eigenvalue weighted by Gasteiger charge is -2.22. The van der Waals surface area contributed by atoms with Gasteiger partial charge < -0.3 is 20.4 Å². The smallest absolute Gasteiger partial charge is 0.258 e. The van der Waals surface area contributed by atoms with Gasteiger partial charge in [0, 0.05) is 43.5 Å². The molecule has 0 radical (unpaired) electrons. The van der Waals surface area contributed by atoms with E-state index in [0.717, 1.165) is 50.9 Å². The van der Waals surface area contributed by atoms with Gasteiger partial charge in [-0.1, -0.05) is 12.8 Å². The van der Waals surface area contributed by atoms with E-state index in [9.17, 15) is 14.0 Å². The first kappa shape index (κ1) is 22.3. The normalized spacial score (nSPS) is 18.9. The van der Waals surface area contributed by atoms with E-state index >= 15 is 0 Å². The number of likely N-dealkylation sites (N-methyl/N-ethyl adjacent to an activating group) is 1. The van der Waals surface area contributed by atoms with E-state index in [1.54, 1.807) is 6.07 Å². The fourth-order valence-electron chi connectivity index (χ4n) is 4.56. The van der Waals surface area contributed by atoms with E-state index in [1.165, 1.54) is 12.1 Å². The number of nitrogens with zero attached hydrogens (tertiary/aromatic N) is 2. The largest absolute Gasteiger partial charge is 0.370 e. The summed E-state index contributed by atoms with van der Waals surface area (Å²) in [6.07, 6.45) is 4.99. The second-order valence-corrected chi connectivity index (χ2v) is 9.02. The number of benzene rings is 2. The first-order chi connectivity index (χ1) is 15.4. The molecule has 1 saturated carbocycles. The van der Waals surface area contributed by atoms with Gasteiger partial charge in [0.2, 0.25) is 5.91 Å². The third-order valence-electron chi connectivity index (χ3n) is 6.59. The van der Waals surface area contributed by atoms with Gasteiger partial charge in [0.05, 0.1) is 5.56 Å². The summed E-state index contributed by atoms with van der Waals surface area (Å²) in [5.74, 6) is -1.25. The first-order valence-corrected chi connectivity index (χ1v) is 11.3. The van der Waals surface area contributed by atoms with Gasteiger partial charge in [0.1, 0.15) is 5.82 Å². The average Bonchev–Trinajstić information content (AvgIpc) is 3.47. The van der Waals surface area contributed by atoms with Crippen LogP contribution in [0.4, 0.5) is 21.5 Å². The fraction of sp³-hybridized carbons (Fsp3) is 0.440. The number of hydrogen-bond donors (Lipinski definition) is 2. The summed E-state index contributed by atoms with van der Waals surface area (Å²) in [6.45, 7) is 1.98. The standard InChI is InChI=1S/C25H31FN4O2.H2/c1-29(2)21-13-14-30(16-21)20-10-7-18(8-11-20)27-25(32)22-12-9-19(15-23(22)26)28-24(31)17-5-3-4-6-17;/h7-12,15,17,21H,3-6,13-14,16H2,1-2H3,(H,27,32)(H,28,31);1H. The van der Waals surface area contributed by atoms with Crippen molar-refractivity contribution in [2.75, 3.05) is 42.7 Å². The molecule has 2 aromatic carbocycles. The molecule has 32 heavy (non-hydrogen) atoms. The third kappa shape index (κ3) is 5.10. The Balaban J connectivity index is 0.00000306. The van der Waals surface area contributed by atoms with Crippen LogP contribution in [0, 0.1) is 11.7 Å². The zero-order valence-corrected chi connectivity index (χ0v) is 18.7. The van der Waals surface area contributed by atoms with Gasteiger partial charge in [0.15, 0.2) is 0 Å². The first-order valence-electron chi connectivity index (χ1n) is 11.3. The van der Waals surface area contributed by atoms with Crippen molar-refractivity contribution in [3.05, 3.63) is 53.8 Å². The SMILES string of the molecule is CN(C)C1CCN(c2ccc(NC(=O)c3ccc(NC(=O)C4CCCC4)cc3F)cc2)C1.[HH]. The molecule has 4 rings (SSSR count). The highest BCUT2D eigenvalue weighted by Gasteiger charge is 2.25. The molecule has 2 aromatic rings. The van der Waals surface area contributed by atoms with Crippen molar-refractivity contribution in [3.8, 4) is 0 Å². The van der Waals surface area contributed by atoms with Gasteiger partial charge in [0.25, 0.3) is 5.91 Å². The predicted octanol–water partition coefficient (Wildman–Crippen LogP) is 4.59. The van der Waals surface area contributed by atoms with E-state index in [2.05, 4.69) is 34.5 Å². The Labute approximate surface area is 190 Å². The van der Waals surface area contributed by atoms with Crippen molar-refractivity contribution >= 4 is 28.9 Å². The summed E-state index contributed by atoms with van der Waals surface area (Å²) >= 11 is 0. The van der Waals surface area contributed by atoms with Crippen LogP contribution in [0.3, 0.4) is 0 Å². The van der Waals surface area contributed by atoms with Crippen molar-refractivity contribution in [3.63, 3.8) is 0 Å². The van der Waals surface area contributed by atoms with Gasteiger partial charge in [-0.25, -0.2) is 4.39 Å². The minimum atomic E-state index is -0.657. The van der Waals surface area contributed by atoms with Crippen LogP contribution in [0.1, 0.15) is 43.9 Å². The zero-order valence-electron chi connectivity index (χ0n) is 18.7. The Morgan fingerprint density at radius 3 is 2.31 bits per heavy atom. The predicted molar refractivity (Wildman–Crippen MR) is 128 cm³/mol. The summed E-state index contributed by atoms with van der Waals surface area (Å²) in [7, 11) is 4.20. The molecule has 1 saturated heterocycles. The average molecular weight is 441 g/mol. The molecule has 1 unspecified atom stereocenters. The molecule has 2 aliphatic rings.